The van der Waals surface area contributed by atoms with E-state index in [9.17, 15) is 19.2 Å². The SMILES string of the molecule is COC(=O)C(C[C@@H]1CC(C)(C)NC1=O)NC(=O)C(CC1CC1)NC(=O)c1cc2c(OC)cccc2[nH]1. The number of nitrogens with one attached hydrogen (secondary N) is 4. The molecule has 1 aromatic carbocycles. The van der Waals surface area contributed by atoms with Crippen LogP contribution < -0.4 is 20.7 Å². The standard InChI is InChI=1S/C26H34N4O6/c1-26(2)13-15(22(31)30-26)11-20(25(34)36-4)29-23(32)18(10-14-8-9-14)28-24(33)19-12-16-17(27-19)6-5-7-21(16)35-3/h5-7,12,14-15,18,20,27H,8-11,13H2,1-4H3,(H,28,33)(H,29,32)(H,30,31)/t15-,18?,20?/m1/s1. The van der Waals surface area contributed by atoms with Crippen LogP contribution >= 0.6 is 0 Å². The maximum atomic E-state index is 13.3. The second kappa shape index (κ2) is 10.2. The summed E-state index contributed by atoms with van der Waals surface area (Å²) in [5, 5.41) is 9.23. The van der Waals surface area contributed by atoms with Crippen molar-refractivity contribution >= 4 is 34.6 Å². The number of carbonyl (C=O) groups excluding carboxylic acids is 4. The minimum atomic E-state index is -0.997. The highest BCUT2D eigenvalue weighted by Crippen LogP contribution is 2.34. The number of hydrogen-bond donors (Lipinski definition) is 4. The molecule has 0 radical (unpaired) electrons. The van der Waals surface area contributed by atoms with Crippen LogP contribution in [0.2, 0.25) is 0 Å². The molecule has 4 rings (SSSR count). The van der Waals surface area contributed by atoms with Crippen molar-refractivity contribution in [2.24, 2.45) is 11.8 Å². The van der Waals surface area contributed by atoms with Crippen LogP contribution in [0.1, 0.15) is 56.4 Å². The monoisotopic (exact) mass is 498 g/mol. The number of methoxy groups -OCH3 is 2. The Balaban J connectivity index is 1.48. The molecule has 3 atom stereocenters. The van der Waals surface area contributed by atoms with Gasteiger partial charge in [-0.2, -0.15) is 0 Å². The number of aromatic nitrogens is 1. The fraction of sp³-hybridized carbons (Fsp3) is 0.538. The molecule has 10 nitrogen and oxygen atoms in total. The fourth-order valence-corrected chi connectivity index (χ4v) is 4.88. The van der Waals surface area contributed by atoms with Crippen molar-refractivity contribution in [1.82, 2.24) is 20.9 Å². The van der Waals surface area contributed by atoms with Crippen molar-refractivity contribution < 1.29 is 28.7 Å². The number of ether oxygens (including phenoxy) is 2. The Morgan fingerprint density at radius 3 is 2.47 bits per heavy atom. The van der Waals surface area contributed by atoms with E-state index in [0.717, 1.165) is 23.7 Å². The van der Waals surface area contributed by atoms with Crippen molar-refractivity contribution in [3.05, 3.63) is 30.0 Å². The summed E-state index contributed by atoms with van der Waals surface area (Å²) in [6, 6.07) is 5.32. The number of aromatic amines is 1. The van der Waals surface area contributed by atoms with E-state index in [2.05, 4.69) is 20.9 Å². The lowest BCUT2D eigenvalue weighted by atomic mass is 9.91. The first-order chi connectivity index (χ1) is 17.1. The first kappa shape index (κ1) is 25.5. The topological polar surface area (TPSA) is 139 Å². The minimum Gasteiger partial charge on any atom is -0.496 e. The van der Waals surface area contributed by atoms with E-state index in [1.54, 1.807) is 19.2 Å². The van der Waals surface area contributed by atoms with Gasteiger partial charge in [-0.1, -0.05) is 18.9 Å². The maximum absolute atomic E-state index is 13.3. The predicted molar refractivity (Wildman–Crippen MR) is 132 cm³/mol. The summed E-state index contributed by atoms with van der Waals surface area (Å²) in [6.45, 7) is 3.83. The Labute approximate surface area is 209 Å². The molecule has 194 valence electrons. The third-order valence-electron chi connectivity index (χ3n) is 6.89. The molecule has 1 aliphatic heterocycles. The van der Waals surface area contributed by atoms with Gasteiger partial charge in [0.1, 0.15) is 23.5 Å². The van der Waals surface area contributed by atoms with Crippen molar-refractivity contribution in [3.63, 3.8) is 0 Å². The van der Waals surface area contributed by atoms with Gasteiger partial charge in [-0.3, -0.25) is 14.4 Å². The van der Waals surface area contributed by atoms with Crippen molar-refractivity contribution in [1.29, 1.82) is 0 Å². The lowest BCUT2D eigenvalue weighted by molar-refractivity contribution is -0.146. The zero-order valence-electron chi connectivity index (χ0n) is 21.1. The summed E-state index contributed by atoms with van der Waals surface area (Å²) in [5.41, 5.74) is 0.667. The number of rotatable bonds is 10. The maximum Gasteiger partial charge on any atom is 0.328 e. The van der Waals surface area contributed by atoms with E-state index >= 15 is 0 Å². The van der Waals surface area contributed by atoms with Crippen molar-refractivity contribution in [2.75, 3.05) is 14.2 Å². The molecule has 2 heterocycles. The number of hydrogen-bond acceptors (Lipinski definition) is 6. The highest BCUT2D eigenvalue weighted by atomic mass is 16.5. The summed E-state index contributed by atoms with van der Waals surface area (Å²) >= 11 is 0. The summed E-state index contributed by atoms with van der Waals surface area (Å²) in [5.74, 6) is -1.14. The molecule has 1 aromatic heterocycles. The number of H-pyrrole nitrogens is 1. The largest absolute Gasteiger partial charge is 0.496 e. The zero-order valence-corrected chi connectivity index (χ0v) is 21.1. The Bertz CT molecular complexity index is 1170. The number of esters is 1. The quantitative estimate of drug-likeness (QED) is 0.370. The fourth-order valence-electron chi connectivity index (χ4n) is 4.88. The number of amides is 3. The van der Waals surface area contributed by atoms with Crippen molar-refractivity contribution in [2.45, 2.75) is 63.6 Å². The van der Waals surface area contributed by atoms with Crippen LogP contribution in [-0.2, 0) is 19.1 Å². The van der Waals surface area contributed by atoms with Gasteiger partial charge in [0.25, 0.3) is 5.91 Å². The van der Waals surface area contributed by atoms with E-state index in [1.165, 1.54) is 7.11 Å². The average molecular weight is 499 g/mol. The van der Waals surface area contributed by atoms with Crippen LogP contribution in [-0.4, -0.2) is 60.5 Å². The van der Waals surface area contributed by atoms with E-state index < -0.39 is 35.8 Å². The molecule has 0 bridgehead atoms. The van der Waals surface area contributed by atoms with Gasteiger partial charge in [0.05, 0.1) is 14.2 Å². The highest BCUT2D eigenvalue weighted by molar-refractivity contribution is 6.01. The van der Waals surface area contributed by atoms with E-state index in [1.807, 2.05) is 26.0 Å². The Morgan fingerprint density at radius 2 is 1.86 bits per heavy atom. The second-order valence-electron chi connectivity index (χ2n) is 10.4. The molecule has 10 heteroatoms. The average Bonchev–Trinajstić information content (AvgIpc) is 3.47. The van der Waals surface area contributed by atoms with E-state index in [-0.39, 0.29) is 17.9 Å². The molecular weight excluding hydrogens is 464 g/mol. The minimum absolute atomic E-state index is 0.125. The van der Waals surface area contributed by atoms with Gasteiger partial charge in [-0.25, -0.2) is 4.79 Å². The van der Waals surface area contributed by atoms with Gasteiger partial charge in [-0.15, -0.1) is 0 Å². The van der Waals surface area contributed by atoms with Crippen LogP contribution in [0, 0.1) is 11.8 Å². The van der Waals surface area contributed by atoms with Crippen LogP contribution in [0.5, 0.6) is 5.75 Å². The molecule has 3 amide bonds. The molecule has 1 aliphatic carbocycles. The summed E-state index contributed by atoms with van der Waals surface area (Å²) in [4.78, 5) is 54.3. The van der Waals surface area contributed by atoms with Crippen LogP contribution in [0.25, 0.3) is 10.9 Å². The summed E-state index contributed by atoms with van der Waals surface area (Å²) < 4.78 is 10.3. The molecule has 1 saturated carbocycles. The van der Waals surface area contributed by atoms with Gasteiger partial charge in [0.2, 0.25) is 11.8 Å². The molecule has 2 aliphatic rings. The van der Waals surface area contributed by atoms with Gasteiger partial charge >= 0.3 is 5.97 Å². The summed E-state index contributed by atoms with van der Waals surface area (Å²) in [6.07, 6.45) is 3.11. The van der Waals surface area contributed by atoms with Gasteiger partial charge in [0.15, 0.2) is 0 Å². The van der Waals surface area contributed by atoms with E-state index in [4.69, 9.17) is 9.47 Å². The molecule has 4 N–H and O–H groups in total. The lowest BCUT2D eigenvalue weighted by Crippen LogP contribution is -2.52. The van der Waals surface area contributed by atoms with Crippen LogP contribution in [0.15, 0.2) is 24.3 Å². The predicted octanol–water partition coefficient (Wildman–Crippen LogP) is 2.04. The molecule has 0 spiro atoms. The van der Waals surface area contributed by atoms with Gasteiger partial charge in [0, 0.05) is 22.4 Å². The van der Waals surface area contributed by atoms with Gasteiger partial charge in [-0.05, 0) is 57.2 Å². The number of carbonyl (C=O) groups is 4. The molecule has 2 fully saturated rings. The van der Waals surface area contributed by atoms with Crippen LogP contribution in [0.4, 0.5) is 0 Å². The second-order valence-corrected chi connectivity index (χ2v) is 10.4. The number of benzene rings is 1. The van der Waals surface area contributed by atoms with Gasteiger partial charge < -0.3 is 30.4 Å². The number of fused-ring (bicyclic) bond motifs is 1. The molecule has 1 saturated heterocycles. The Morgan fingerprint density at radius 1 is 1.11 bits per heavy atom. The molecule has 2 aromatic rings. The first-order valence-electron chi connectivity index (χ1n) is 12.3. The van der Waals surface area contributed by atoms with Crippen LogP contribution in [0.3, 0.4) is 0 Å². The molecule has 2 unspecified atom stereocenters. The smallest absolute Gasteiger partial charge is 0.328 e. The normalized spacial score (nSPS) is 20.3. The Kier molecular flexibility index (Phi) is 7.23. The highest BCUT2D eigenvalue weighted by Gasteiger charge is 2.41. The molecule has 36 heavy (non-hydrogen) atoms. The zero-order chi connectivity index (χ0) is 26.0. The first-order valence-corrected chi connectivity index (χ1v) is 12.3. The molecular formula is C26H34N4O6. The van der Waals surface area contributed by atoms with E-state index in [0.29, 0.717) is 30.2 Å². The third-order valence-corrected chi connectivity index (χ3v) is 6.89. The third kappa shape index (κ3) is 5.80. The Hall–Kier alpha value is -3.56. The summed E-state index contributed by atoms with van der Waals surface area (Å²) in [7, 11) is 2.80. The van der Waals surface area contributed by atoms with Crippen molar-refractivity contribution in [3.8, 4) is 5.75 Å². The lowest BCUT2D eigenvalue weighted by Gasteiger charge is -2.23.